The molecule has 0 amide bonds. The van der Waals surface area contributed by atoms with Crippen molar-refractivity contribution in [3.8, 4) is 0 Å². The second kappa shape index (κ2) is 3.96. The van der Waals surface area contributed by atoms with Crippen molar-refractivity contribution in [2.45, 2.75) is 37.8 Å². The molecule has 0 aromatic heterocycles. The summed E-state index contributed by atoms with van der Waals surface area (Å²) in [4.78, 5) is 0. The third-order valence-corrected chi connectivity index (χ3v) is 3.99. The fraction of sp³-hybridized carbons (Fsp3) is 0.615. The first kappa shape index (κ1) is 9.94. The van der Waals surface area contributed by atoms with Gasteiger partial charge in [-0.2, -0.15) is 5.10 Å². The normalized spacial score (nSPS) is 40.1. The molecule has 2 heterocycles. The molecule has 4 unspecified atom stereocenters. The van der Waals surface area contributed by atoms with Gasteiger partial charge in [0, 0.05) is 29.8 Å². The summed E-state index contributed by atoms with van der Waals surface area (Å²) in [5.74, 6) is 1.22. The summed E-state index contributed by atoms with van der Waals surface area (Å²) in [5.41, 5.74) is 4.66. The third kappa shape index (κ3) is 1.64. The van der Waals surface area contributed by atoms with Crippen LogP contribution in [-0.2, 0) is 0 Å². The van der Waals surface area contributed by atoms with Crippen molar-refractivity contribution in [3.05, 3.63) is 24.4 Å². The van der Waals surface area contributed by atoms with E-state index in [1.165, 1.54) is 25.0 Å². The summed E-state index contributed by atoms with van der Waals surface area (Å²) in [7, 11) is 0. The van der Waals surface area contributed by atoms with E-state index in [1.54, 1.807) is 0 Å². The summed E-state index contributed by atoms with van der Waals surface area (Å²) >= 11 is 0. The Hall–Kier alpha value is -1.25. The number of piperidine rings is 1. The minimum Gasteiger partial charge on any atom is -0.385 e. The van der Waals surface area contributed by atoms with Crippen molar-refractivity contribution in [2.24, 2.45) is 16.9 Å². The van der Waals surface area contributed by atoms with Crippen molar-refractivity contribution in [2.75, 3.05) is 0 Å². The fourth-order valence-electron chi connectivity index (χ4n) is 3.09. The van der Waals surface area contributed by atoms with Crippen LogP contribution in [0.5, 0.6) is 0 Å². The van der Waals surface area contributed by atoms with E-state index in [-0.39, 0.29) is 0 Å². The van der Waals surface area contributed by atoms with Crippen molar-refractivity contribution in [3.63, 3.8) is 0 Å². The Morgan fingerprint density at radius 1 is 1.50 bits per heavy atom. The summed E-state index contributed by atoms with van der Waals surface area (Å²) in [6.45, 7) is 3.82. The number of hydrazone groups is 1. The quantitative estimate of drug-likeness (QED) is 0.692. The molecule has 3 nitrogen and oxygen atoms in total. The number of hydrogen-bond donors (Lipinski definition) is 2. The molecule has 0 aromatic carbocycles. The molecule has 0 saturated carbocycles. The van der Waals surface area contributed by atoms with Crippen molar-refractivity contribution >= 4 is 6.21 Å². The van der Waals surface area contributed by atoms with Gasteiger partial charge in [-0.05, 0) is 25.7 Å². The van der Waals surface area contributed by atoms with Crippen LogP contribution in [-0.4, -0.2) is 18.3 Å². The Morgan fingerprint density at radius 2 is 2.44 bits per heavy atom. The largest absolute Gasteiger partial charge is 0.385 e. The zero-order valence-electron chi connectivity index (χ0n) is 9.52. The molecule has 1 aliphatic carbocycles. The molecule has 86 valence electrons. The molecule has 3 heteroatoms. The predicted octanol–water partition coefficient (Wildman–Crippen LogP) is 1.79. The van der Waals surface area contributed by atoms with E-state index in [4.69, 9.17) is 0 Å². The number of nitrogens with zero attached hydrogens (tertiary/aromatic N) is 1. The van der Waals surface area contributed by atoms with E-state index in [1.807, 2.05) is 12.3 Å². The lowest BCUT2D eigenvalue weighted by molar-refractivity contribution is 0.296. The van der Waals surface area contributed by atoms with Gasteiger partial charge in [-0.1, -0.05) is 12.2 Å². The van der Waals surface area contributed by atoms with Crippen molar-refractivity contribution in [1.29, 1.82) is 0 Å². The van der Waals surface area contributed by atoms with Gasteiger partial charge in [0.2, 0.25) is 0 Å². The van der Waals surface area contributed by atoms with Gasteiger partial charge in [0.25, 0.3) is 0 Å². The van der Waals surface area contributed by atoms with Crippen molar-refractivity contribution < 1.29 is 0 Å². The average Bonchev–Trinajstić information content (AvgIpc) is 2.73. The maximum atomic E-state index is 4.18. The first-order chi connectivity index (χ1) is 7.86. The number of hydrogen-bond acceptors (Lipinski definition) is 3. The standard InChI is InChI=1S/C13H19N3/c1-2-3-11-5-4-9-6-13-10(8-14-16-13)7-12(9)15-11/h2,7-11,13,15-16H,1,3-6H2. The molecule has 2 N–H and O–H groups in total. The molecule has 2 aliphatic heterocycles. The highest BCUT2D eigenvalue weighted by Gasteiger charge is 2.35. The first-order valence-electron chi connectivity index (χ1n) is 6.24. The lowest BCUT2D eigenvalue weighted by Gasteiger charge is -2.38. The van der Waals surface area contributed by atoms with Crippen LogP contribution in [0.3, 0.4) is 0 Å². The highest BCUT2D eigenvalue weighted by molar-refractivity contribution is 5.67. The molecule has 16 heavy (non-hydrogen) atoms. The molecular weight excluding hydrogens is 198 g/mol. The maximum absolute atomic E-state index is 4.18. The Labute approximate surface area is 96.7 Å². The molecule has 0 aromatic rings. The molecule has 1 saturated heterocycles. The van der Waals surface area contributed by atoms with Gasteiger partial charge in [0.05, 0.1) is 6.04 Å². The number of fused-ring (bicyclic) bond motifs is 2. The van der Waals surface area contributed by atoms with E-state index in [0.29, 0.717) is 18.0 Å². The van der Waals surface area contributed by atoms with Crippen LogP contribution in [0.2, 0.25) is 0 Å². The first-order valence-corrected chi connectivity index (χ1v) is 6.24. The second-order valence-electron chi connectivity index (χ2n) is 5.09. The third-order valence-electron chi connectivity index (χ3n) is 3.99. The summed E-state index contributed by atoms with van der Waals surface area (Å²) < 4.78 is 0. The Morgan fingerprint density at radius 3 is 3.31 bits per heavy atom. The summed E-state index contributed by atoms with van der Waals surface area (Å²) in [6.07, 6.45) is 11.3. The van der Waals surface area contributed by atoms with Gasteiger partial charge in [0.15, 0.2) is 0 Å². The lowest BCUT2D eigenvalue weighted by atomic mass is 9.77. The van der Waals surface area contributed by atoms with Gasteiger partial charge in [0.1, 0.15) is 0 Å². The second-order valence-corrected chi connectivity index (χ2v) is 5.09. The monoisotopic (exact) mass is 217 g/mol. The minimum atomic E-state index is 0.501. The highest BCUT2D eigenvalue weighted by Crippen LogP contribution is 2.35. The molecule has 4 atom stereocenters. The smallest absolute Gasteiger partial charge is 0.0560 e. The zero-order chi connectivity index (χ0) is 11.0. The van der Waals surface area contributed by atoms with Gasteiger partial charge in [-0.15, -0.1) is 6.58 Å². The molecule has 0 bridgehead atoms. The van der Waals surface area contributed by atoms with E-state index < -0.39 is 0 Å². The van der Waals surface area contributed by atoms with Gasteiger partial charge >= 0.3 is 0 Å². The lowest BCUT2D eigenvalue weighted by Crippen LogP contribution is -2.43. The summed E-state index contributed by atoms with van der Waals surface area (Å²) in [6, 6.07) is 1.15. The number of nitrogens with one attached hydrogen (secondary N) is 2. The topological polar surface area (TPSA) is 36.4 Å². The van der Waals surface area contributed by atoms with Crippen LogP contribution in [0.25, 0.3) is 0 Å². The van der Waals surface area contributed by atoms with E-state index in [2.05, 4.69) is 28.5 Å². The Bertz CT molecular complexity index is 345. The molecule has 0 spiro atoms. The van der Waals surface area contributed by atoms with Crippen LogP contribution in [0.1, 0.15) is 25.7 Å². The van der Waals surface area contributed by atoms with Crippen molar-refractivity contribution in [1.82, 2.24) is 10.7 Å². The highest BCUT2D eigenvalue weighted by atomic mass is 15.3. The number of rotatable bonds is 2. The van der Waals surface area contributed by atoms with Crippen LogP contribution in [0.15, 0.2) is 29.5 Å². The van der Waals surface area contributed by atoms with E-state index in [0.717, 1.165) is 12.3 Å². The molecule has 3 aliphatic rings. The van der Waals surface area contributed by atoms with Crippen LogP contribution in [0.4, 0.5) is 0 Å². The Balaban J connectivity index is 1.75. The predicted molar refractivity (Wildman–Crippen MR) is 66.1 cm³/mol. The van der Waals surface area contributed by atoms with Crippen LogP contribution < -0.4 is 10.7 Å². The Kier molecular flexibility index (Phi) is 2.46. The van der Waals surface area contributed by atoms with Crippen LogP contribution in [0, 0.1) is 11.8 Å². The van der Waals surface area contributed by atoms with Gasteiger partial charge in [-0.3, -0.25) is 0 Å². The summed E-state index contributed by atoms with van der Waals surface area (Å²) in [5, 5.41) is 7.85. The zero-order valence-corrected chi connectivity index (χ0v) is 9.52. The molecular formula is C13H19N3. The van der Waals surface area contributed by atoms with Crippen LogP contribution >= 0.6 is 0 Å². The van der Waals surface area contributed by atoms with E-state index in [9.17, 15) is 0 Å². The SMILES string of the molecule is C=CCC1CCC2CC3NN=CC3C=C2N1. The maximum Gasteiger partial charge on any atom is 0.0560 e. The molecule has 0 radical (unpaired) electrons. The van der Waals surface area contributed by atoms with Gasteiger partial charge in [-0.25, -0.2) is 0 Å². The fourth-order valence-corrected chi connectivity index (χ4v) is 3.09. The van der Waals surface area contributed by atoms with E-state index >= 15 is 0 Å². The molecule has 1 fully saturated rings. The number of allylic oxidation sites excluding steroid dienone is 1. The average molecular weight is 217 g/mol. The molecule has 3 rings (SSSR count). The van der Waals surface area contributed by atoms with Gasteiger partial charge < -0.3 is 10.7 Å². The minimum absolute atomic E-state index is 0.501.